The molecule has 1 aromatic rings. The summed E-state index contributed by atoms with van der Waals surface area (Å²) in [4.78, 5) is 0. The first-order valence-electron chi connectivity index (χ1n) is 4.69. The molecule has 3 heteroatoms. The highest BCUT2D eigenvalue weighted by atomic mass is 15.2. The standard InChI is InChI=1S/C10H17N3/c1-3-6-11-7-4-5-10-8-12-13(2)9-10/h4-5,8-9,11H,3,6-7H2,1-2H3. The molecular formula is C10H17N3. The van der Waals surface area contributed by atoms with Crippen molar-refractivity contribution < 1.29 is 0 Å². The first kappa shape index (κ1) is 9.99. The Morgan fingerprint density at radius 3 is 3.08 bits per heavy atom. The van der Waals surface area contributed by atoms with E-state index < -0.39 is 0 Å². The molecular weight excluding hydrogens is 162 g/mol. The SMILES string of the molecule is CCCNCC=Cc1cnn(C)c1. The van der Waals surface area contributed by atoms with Gasteiger partial charge in [-0.25, -0.2) is 0 Å². The van der Waals surface area contributed by atoms with E-state index in [9.17, 15) is 0 Å². The maximum absolute atomic E-state index is 4.08. The Labute approximate surface area is 79.5 Å². The summed E-state index contributed by atoms with van der Waals surface area (Å²) >= 11 is 0. The summed E-state index contributed by atoms with van der Waals surface area (Å²) in [6, 6.07) is 0. The maximum Gasteiger partial charge on any atom is 0.0562 e. The zero-order valence-corrected chi connectivity index (χ0v) is 8.33. The van der Waals surface area contributed by atoms with Crippen molar-refractivity contribution in [3.63, 3.8) is 0 Å². The van der Waals surface area contributed by atoms with E-state index in [1.165, 1.54) is 6.42 Å². The van der Waals surface area contributed by atoms with Crippen molar-refractivity contribution in [1.29, 1.82) is 0 Å². The minimum Gasteiger partial charge on any atom is -0.313 e. The number of rotatable bonds is 5. The molecule has 3 nitrogen and oxygen atoms in total. The molecule has 0 aromatic carbocycles. The number of nitrogens with zero attached hydrogens (tertiary/aromatic N) is 2. The smallest absolute Gasteiger partial charge is 0.0562 e. The summed E-state index contributed by atoms with van der Waals surface area (Å²) in [5, 5.41) is 7.37. The minimum atomic E-state index is 0.933. The van der Waals surface area contributed by atoms with Crippen molar-refractivity contribution in [1.82, 2.24) is 15.1 Å². The second-order valence-electron chi connectivity index (χ2n) is 3.05. The third kappa shape index (κ3) is 3.90. The van der Waals surface area contributed by atoms with Gasteiger partial charge in [-0.2, -0.15) is 5.10 Å². The highest BCUT2D eigenvalue weighted by Crippen LogP contribution is 1.97. The second kappa shape index (κ2) is 5.54. The lowest BCUT2D eigenvalue weighted by Crippen LogP contribution is -2.13. The van der Waals surface area contributed by atoms with Crippen LogP contribution >= 0.6 is 0 Å². The normalized spacial score (nSPS) is 11.2. The van der Waals surface area contributed by atoms with Crippen molar-refractivity contribution >= 4 is 6.08 Å². The summed E-state index contributed by atoms with van der Waals surface area (Å²) in [7, 11) is 1.92. The van der Waals surface area contributed by atoms with Crippen molar-refractivity contribution in [2.24, 2.45) is 7.05 Å². The Balaban J connectivity index is 2.24. The number of hydrogen-bond donors (Lipinski definition) is 1. The van der Waals surface area contributed by atoms with E-state index in [-0.39, 0.29) is 0 Å². The molecule has 0 amide bonds. The molecule has 0 fully saturated rings. The van der Waals surface area contributed by atoms with Gasteiger partial charge in [0.25, 0.3) is 0 Å². The lowest BCUT2D eigenvalue weighted by atomic mass is 10.3. The third-order valence-electron chi connectivity index (χ3n) is 1.72. The molecule has 1 heterocycles. The molecule has 13 heavy (non-hydrogen) atoms. The molecule has 0 saturated heterocycles. The summed E-state index contributed by atoms with van der Waals surface area (Å²) in [5.74, 6) is 0. The van der Waals surface area contributed by atoms with Crippen molar-refractivity contribution in [2.45, 2.75) is 13.3 Å². The fraction of sp³-hybridized carbons (Fsp3) is 0.500. The van der Waals surface area contributed by atoms with Crippen LogP contribution in [-0.4, -0.2) is 22.9 Å². The van der Waals surface area contributed by atoms with E-state index in [2.05, 4.69) is 29.5 Å². The van der Waals surface area contributed by atoms with Gasteiger partial charge in [0.05, 0.1) is 6.20 Å². The van der Waals surface area contributed by atoms with Crippen LogP contribution in [0.3, 0.4) is 0 Å². The number of nitrogens with one attached hydrogen (secondary N) is 1. The lowest BCUT2D eigenvalue weighted by molar-refractivity contribution is 0.730. The molecule has 0 aliphatic heterocycles. The molecule has 1 N–H and O–H groups in total. The van der Waals surface area contributed by atoms with Gasteiger partial charge >= 0.3 is 0 Å². The Hall–Kier alpha value is -1.09. The molecule has 0 bridgehead atoms. The quantitative estimate of drug-likeness (QED) is 0.693. The molecule has 0 aliphatic rings. The molecule has 1 rings (SSSR count). The fourth-order valence-corrected chi connectivity index (χ4v) is 1.08. The van der Waals surface area contributed by atoms with Crippen LogP contribution in [0.2, 0.25) is 0 Å². The van der Waals surface area contributed by atoms with Gasteiger partial charge in [-0.1, -0.05) is 19.1 Å². The zero-order chi connectivity index (χ0) is 9.52. The number of hydrogen-bond acceptors (Lipinski definition) is 2. The van der Waals surface area contributed by atoms with Crippen LogP contribution in [0.1, 0.15) is 18.9 Å². The van der Waals surface area contributed by atoms with E-state index in [1.807, 2.05) is 19.4 Å². The average Bonchev–Trinajstić information content (AvgIpc) is 2.51. The molecule has 0 spiro atoms. The van der Waals surface area contributed by atoms with Crippen LogP contribution in [-0.2, 0) is 7.05 Å². The topological polar surface area (TPSA) is 29.9 Å². The summed E-state index contributed by atoms with van der Waals surface area (Å²) in [6.07, 6.45) is 9.23. The van der Waals surface area contributed by atoms with E-state index in [1.54, 1.807) is 4.68 Å². The van der Waals surface area contributed by atoms with Gasteiger partial charge in [0, 0.05) is 25.4 Å². The van der Waals surface area contributed by atoms with E-state index in [0.717, 1.165) is 18.7 Å². The molecule has 1 aromatic heterocycles. The van der Waals surface area contributed by atoms with Gasteiger partial charge < -0.3 is 5.32 Å². The number of aromatic nitrogens is 2. The van der Waals surface area contributed by atoms with Crippen molar-refractivity contribution in [3.8, 4) is 0 Å². The Morgan fingerprint density at radius 2 is 2.46 bits per heavy atom. The molecule has 0 aliphatic carbocycles. The monoisotopic (exact) mass is 179 g/mol. The van der Waals surface area contributed by atoms with Gasteiger partial charge in [0.15, 0.2) is 0 Å². The molecule has 0 unspecified atom stereocenters. The number of aryl methyl sites for hydroxylation is 1. The maximum atomic E-state index is 4.08. The van der Waals surface area contributed by atoms with E-state index in [4.69, 9.17) is 0 Å². The van der Waals surface area contributed by atoms with Gasteiger partial charge in [-0.3, -0.25) is 4.68 Å². The zero-order valence-electron chi connectivity index (χ0n) is 8.33. The molecule has 0 radical (unpaired) electrons. The highest BCUT2D eigenvalue weighted by molar-refractivity contribution is 5.46. The molecule has 72 valence electrons. The van der Waals surface area contributed by atoms with E-state index in [0.29, 0.717) is 0 Å². The van der Waals surface area contributed by atoms with Crippen molar-refractivity contribution in [3.05, 3.63) is 24.0 Å². The summed E-state index contributed by atoms with van der Waals surface area (Å²) < 4.78 is 1.80. The van der Waals surface area contributed by atoms with Crippen LogP contribution in [0.4, 0.5) is 0 Å². The minimum absolute atomic E-state index is 0.933. The van der Waals surface area contributed by atoms with Crippen LogP contribution < -0.4 is 5.32 Å². The van der Waals surface area contributed by atoms with Gasteiger partial charge in [-0.15, -0.1) is 0 Å². The average molecular weight is 179 g/mol. The third-order valence-corrected chi connectivity index (χ3v) is 1.72. The largest absolute Gasteiger partial charge is 0.313 e. The first-order chi connectivity index (χ1) is 6.33. The molecule has 0 saturated carbocycles. The Bertz CT molecular complexity index is 263. The lowest BCUT2D eigenvalue weighted by Gasteiger charge is -1.95. The van der Waals surface area contributed by atoms with Gasteiger partial charge in [-0.05, 0) is 13.0 Å². The fourth-order valence-electron chi connectivity index (χ4n) is 1.08. The summed E-state index contributed by atoms with van der Waals surface area (Å²) in [5.41, 5.74) is 1.15. The Morgan fingerprint density at radius 1 is 1.62 bits per heavy atom. The summed E-state index contributed by atoms with van der Waals surface area (Å²) in [6.45, 7) is 4.18. The van der Waals surface area contributed by atoms with Gasteiger partial charge in [0.2, 0.25) is 0 Å². The second-order valence-corrected chi connectivity index (χ2v) is 3.05. The van der Waals surface area contributed by atoms with Gasteiger partial charge in [0.1, 0.15) is 0 Å². The predicted molar refractivity (Wildman–Crippen MR) is 55.4 cm³/mol. The van der Waals surface area contributed by atoms with Crippen LogP contribution in [0, 0.1) is 0 Å². The highest BCUT2D eigenvalue weighted by Gasteiger charge is 1.88. The first-order valence-corrected chi connectivity index (χ1v) is 4.69. The van der Waals surface area contributed by atoms with Crippen molar-refractivity contribution in [2.75, 3.05) is 13.1 Å². The Kier molecular flexibility index (Phi) is 4.26. The molecule has 0 atom stereocenters. The predicted octanol–water partition coefficient (Wildman–Crippen LogP) is 1.43. The van der Waals surface area contributed by atoms with Crippen LogP contribution in [0.5, 0.6) is 0 Å². The van der Waals surface area contributed by atoms with Crippen LogP contribution in [0.15, 0.2) is 18.5 Å². The van der Waals surface area contributed by atoms with Crippen LogP contribution in [0.25, 0.3) is 6.08 Å². The van der Waals surface area contributed by atoms with E-state index >= 15 is 0 Å².